The second-order valence-corrected chi connectivity index (χ2v) is 11.7. The van der Waals surface area contributed by atoms with E-state index >= 15 is 0 Å². The van der Waals surface area contributed by atoms with Gasteiger partial charge in [0, 0.05) is 13.1 Å². The Morgan fingerprint density at radius 1 is 0.972 bits per heavy atom. The van der Waals surface area contributed by atoms with E-state index in [1.807, 2.05) is 6.92 Å². The van der Waals surface area contributed by atoms with Crippen molar-refractivity contribution < 1.29 is 35.8 Å². The fraction of sp³-hybridized carbons (Fsp3) is 0.435. The van der Waals surface area contributed by atoms with Crippen LogP contribution in [-0.2, 0) is 29.6 Å². The number of amides is 1. The van der Waals surface area contributed by atoms with Crippen molar-refractivity contribution in [1.82, 2.24) is 9.62 Å². The van der Waals surface area contributed by atoms with Gasteiger partial charge in [-0.2, -0.15) is 4.31 Å². The number of benzene rings is 2. The quantitative estimate of drug-likeness (QED) is 0.395. The lowest BCUT2D eigenvalue weighted by molar-refractivity contribution is -0.119. The van der Waals surface area contributed by atoms with Crippen LogP contribution in [0.3, 0.4) is 0 Å². The summed E-state index contributed by atoms with van der Waals surface area (Å²) in [6.45, 7) is 3.56. The van der Waals surface area contributed by atoms with Crippen LogP contribution in [0.4, 0.5) is 5.69 Å². The number of hydrogen-bond acceptors (Lipinski definition) is 8. The third-order valence-corrected chi connectivity index (χ3v) is 8.30. The molecule has 1 fully saturated rings. The molecule has 198 valence electrons. The molecular formula is C23H31N3O8S2. The van der Waals surface area contributed by atoms with Crippen LogP contribution in [0, 0.1) is 0 Å². The normalized spacial score (nSPS) is 14.7. The van der Waals surface area contributed by atoms with Gasteiger partial charge in [0.15, 0.2) is 0 Å². The molecule has 0 aliphatic carbocycles. The lowest BCUT2D eigenvalue weighted by Gasteiger charge is -2.26. The SMILES string of the molecule is CCOc1ccc(N(CC(=O)NCCOc2ccc(S(=O)(=O)N3CCOCC3)cc2)S(C)(=O)=O)cc1. The number of morpholine rings is 1. The van der Waals surface area contributed by atoms with E-state index in [0.29, 0.717) is 50.1 Å². The van der Waals surface area contributed by atoms with Crippen molar-refractivity contribution in [2.45, 2.75) is 11.8 Å². The molecule has 0 unspecified atom stereocenters. The Morgan fingerprint density at radius 3 is 2.14 bits per heavy atom. The zero-order valence-electron chi connectivity index (χ0n) is 20.3. The molecule has 1 amide bonds. The fourth-order valence-corrected chi connectivity index (χ4v) is 5.73. The summed E-state index contributed by atoms with van der Waals surface area (Å²) in [7, 11) is -7.28. The minimum absolute atomic E-state index is 0.114. The molecule has 0 spiro atoms. The third-order valence-electron chi connectivity index (χ3n) is 5.25. The molecule has 36 heavy (non-hydrogen) atoms. The summed E-state index contributed by atoms with van der Waals surface area (Å²) < 4.78 is 68.3. The minimum atomic E-state index is -3.70. The minimum Gasteiger partial charge on any atom is -0.494 e. The molecule has 0 atom stereocenters. The first kappa shape index (κ1) is 27.7. The van der Waals surface area contributed by atoms with Crippen molar-refractivity contribution in [3.05, 3.63) is 48.5 Å². The molecule has 0 radical (unpaired) electrons. The van der Waals surface area contributed by atoms with Crippen molar-refractivity contribution in [3.63, 3.8) is 0 Å². The highest BCUT2D eigenvalue weighted by Crippen LogP contribution is 2.22. The summed E-state index contributed by atoms with van der Waals surface area (Å²) in [5, 5.41) is 2.63. The Hall–Kier alpha value is -2.87. The van der Waals surface area contributed by atoms with E-state index in [0.717, 1.165) is 10.6 Å². The van der Waals surface area contributed by atoms with Crippen LogP contribution < -0.4 is 19.1 Å². The highest BCUT2D eigenvalue weighted by Gasteiger charge is 2.26. The highest BCUT2D eigenvalue weighted by atomic mass is 32.2. The van der Waals surface area contributed by atoms with E-state index in [-0.39, 0.29) is 24.6 Å². The van der Waals surface area contributed by atoms with Crippen molar-refractivity contribution in [2.24, 2.45) is 0 Å². The second-order valence-electron chi connectivity index (χ2n) is 7.88. The van der Waals surface area contributed by atoms with Crippen LogP contribution in [0.1, 0.15) is 6.92 Å². The maximum Gasteiger partial charge on any atom is 0.243 e. The zero-order valence-corrected chi connectivity index (χ0v) is 21.9. The topological polar surface area (TPSA) is 132 Å². The molecule has 1 N–H and O–H groups in total. The Labute approximate surface area is 212 Å². The highest BCUT2D eigenvalue weighted by molar-refractivity contribution is 7.92. The number of rotatable bonds is 12. The van der Waals surface area contributed by atoms with Gasteiger partial charge in [-0.15, -0.1) is 0 Å². The number of carbonyl (C=O) groups excluding carboxylic acids is 1. The molecule has 11 nitrogen and oxygen atoms in total. The Kier molecular flexibility index (Phi) is 9.54. The summed E-state index contributed by atoms with van der Waals surface area (Å²) >= 11 is 0. The summed E-state index contributed by atoms with van der Waals surface area (Å²) in [5.74, 6) is 0.546. The lowest BCUT2D eigenvalue weighted by Crippen LogP contribution is -2.41. The van der Waals surface area contributed by atoms with Gasteiger partial charge < -0.3 is 19.5 Å². The van der Waals surface area contributed by atoms with Gasteiger partial charge in [-0.25, -0.2) is 16.8 Å². The molecule has 1 aliphatic heterocycles. The number of ether oxygens (including phenoxy) is 3. The van der Waals surface area contributed by atoms with Crippen LogP contribution in [0.5, 0.6) is 11.5 Å². The molecule has 1 aliphatic rings. The summed E-state index contributed by atoms with van der Waals surface area (Å²) in [6.07, 6.45) is 1.03. The van der Waals surface area contributed by atoms with E-state index in [4.69, 9.17) is 14.2 Å². The summed E-state index contributed by atoms with van der Waals surface area (Å²) in [6, 6.07) is 12.5. The first-order valence-corrected chi connectivity index (χ1v) is 14.7. The molecular weight excluding hydrogens is 510 g/mol. The zero-order chi connectivity index (χ0) is 26.2. The number of nitrogens with one attached hydrogen (secondary N) is 1. The van der Waals surface area contributed by atoms with Gasteiger partial charge in [-0.05, 0) is 55.5 Å². The average Bonchev–Trinajstić information content (AvgIpc) is 2.86. The van der Waals surface area contributed by atoms with Crippen molar-refractivity contribution in [2.75, 3.05) is 63.2 Å². The van der Waals surface area contributed by atoms with Gasteiger partial charge >= 0.3 is 0 Å². The van der Waals surface area contributed by atoms with E-state index < -0.39 is 26.0 Å². The first-order valence-electron chi connectivity index (χ1n) is 11.4. The Morgan fingerprint density at radius 2 is 1.56 bits per heavy atom. The Bertz CT molecular complexity index is 1210. The molecule has 13 heteroatoms. The van der Waals surface area contributed by atoms with Gasteiger partial charge in [0.1, 0.15) is 24.7 Å². The van der Waals surface area contributed by atoms with Crippen LogP contribution >= 0.6 is 0 Å². The van der Waals surface area contributed by atoms with E-state index in [1.54, 1.807) is 36.4 Å². The van der Waals surface area contributed by atoms with Gasteiger partial charge in [0.25, 0.3) is 0 Å². The largest absolute Gasteiger partial charge is 0.494 e. The third kappa shape index (κ3) is 7.56. The number of carbonyl (C=O) groups is 1. The fourth-order valence-electron chi connectivity index (χ4n) is 3.46. The number of anilines is 1. The molecule has 3 rings (SSSR count). The molecule has 0 bridgehead atoms. The van der Waals surface area contributed by atoms with Crippen molar-refractivity contribution in [1.29, 1.82) is 0 Å². The molecule has 1 saturated heterocycles. The summed E-state index contributed by atoms with van der Waals surface area (Å²) in [5.41, 5.74) is 0.347. The standard InChI is InChI=1S/C23H31N3O8S2/c1-3-33-20-6-4-19(5-7-20)26(35(2,28)29)18-23(27)24-12-15-34-21-8-10-22(11-9-21)36(30,31)25-13-16-32-17-14-25/h4-11H,3,12-18H2,1-2H3,(H,24,27). The maximum atomic E-state index is 12.7. The molecule has 1 heterocycles. The number of nitrogens with zero attached hydrogens (tertiary/aromatic N) is 2. The van der Waals surface area contributed by atoms with Gasteiger partial charge in [0.05, 0.1) is 43.2 Å². The number of hydrogen-bond donors (Lipinski definition) is 1. The van der Waals surface area contributed by atoms with Gasteiger partial charge in [0.2, 0.25) is 26.0 Å². The van der Waals surface area contributed by atoms with Gasteiger partial charge in [-0.1, -0.05) is 0 Å². The summed E-state index contributed by atoms with van der Waals surface area (Å²) in [4.78, 5) is 12.5. The van der Waals surface area contributed by atoms with Crippen molar-refractivity contribution in [3.8, 4) is 11.5 Å². The predicted molar refractivity (Wildman–Crippen MR) is 134 cm³/mol. The van der Waals surface area contributed by atoms with E-state index in [1.165, 1.54) is 16.4 Å². The molecule has 0 aromatic heterocycles. The molecule has 0 saturated carbocycles. The Balaban J connectivity index is 1.49. The molecule has 2 aromatic carbocycles. The van der Waals surface area contributed by atoms with Crippen LogP contribution in [0.15, 0.2) is 53.4 Å². The molecule has 2 aromatic rings. The lowest BCUT2D eigenvalue weighted by atomic mass is 10.3. The second kappa shape index (κ2) is 12.4. The van der Waals surface area contributed by atoms with Crippen LogP contribution in [-0.4, -0.2) is 85.9 Å². The smallest absolute Gasteiger partial charge is 0.243 e. The van der Waals surface area contributed by atoms with Crippen molar-refractivity contribution >= 4 is 31.6 Å². The number of sulfonamides is 2. The van der Waals surface area contributed by atoms with E-state index in [2.05, 4.69) is 5.32 Å². The average molecular weight is 542 g/mol. The maximum absolute atomic E-state index is 12.7. The van der Waals surface area contributed by atoms with Gasteiger partial charge in [-0.3, -0.25) is 9.10 Å². The van der Waals surface area contributed by atoms with E-state index in [9.17, 15) is 21.6 Å². The predicted octanol–water partition coefficient (Wildman–Crippen LogP) is 1.07. The van der Waals surface area contributed by atoms with Crippen LogP contribution in [0.25, 0.3) is 0 Å². The van der Waals surface area contributed by atoms with Crippen LogP contribution in [0.2, 0.25) is 0 Å². The monoisotopic (exact) mass is 541 g/mol. The first-order chi connectivity index (χ1) is 17.1.